The molecule has 0 spiro atoms. The molecular formula is C8H7Cl2F2N. The minimum atomic E-state index is -0.999. The van der Waals surface area contributed by atoms with Crippen molar-refractivity contribution >= 4 is 28.9 Å². The number of hydrogen-bond acceptors (Lipinski definition) is 1. The molecule has 0 fully saturated rings. The number of halogens is 4. The second-order valence-electron chi connectivity index (χ2n) is 2.50. The van der Waals surface area contributed by atoms with Gasteiger partial charge in [0.2, 0.25) is 0 Å². The molecule has 0 atom stereocenters. The summed E-state index contributed by atoms with van der Waals surface area (Å²) in [5.74, 6) is -1.82. The van der Waals surface area contributed by atoms with Gasteiger partial charge in [0.15, 0.2) is 11.6 Å². The van der Waals surface area contributed by atoms with Gasteiger partial charge in [-0.3, -0.25) is 0 Å². The molecule has 2 N–H and O–H groups in total. The van der Waals surface area contributed by atoms with E-state index in [1.807, 2.05) is 0 Å². The highest BCUT2D eigenvalue weighted by Gasteiger charge is 2.19. The highest BCUT2D eigenvalue weighted by atomic mass is 35.5. The van der Waals surface area contributed by atoms with E-state index >= 15 is 0 Å². The standard InChI is InChI=1S/C8H7Cl2F2N/c1-2-3-4(9)5(10)7(12)8(13)6(3)11/h2,13H2,1H3. The average Bonchev–Trinajstić information content (AvgIpc) is 2.13. The summed E-state index contributed by atoms with van der Waals surface area (Å²) in [4.78, 5) is 0. The van der Waals surface area contributed by atoms with Gasteiger partial charge in [-0.25, -0.2) is 8.78 Å². The Morgan fingerprint density at radius 1 is 1.15 bits per heavy atom. The molecule has 1 nitrogen and oxygen atoms in total. The molecule has 5 heteroatoms. The van der Waals surface area contributed by atoms with Crippen LogP contribution in [0.4, 0.5) is 14.5 Å². The number of hydrogen-bond donors (Lipinski definition) is 1. The van der Waals surface area contributed by atoms with E-state index in [-0.39, 0.29) is 15.6 Å². The van der Waals surface area contributed by atoms with Crippen molar-refractivity contribution in [3.8, 4) is 0 Å². The molecule has 1 aromatic carbocycles. The Hall–Kier alpha value is -0.540. The van der Waals surface area contributed by atoms with Crippen LogP contribution in [0.5, 0.6) is 0 Å². The summed E-state index contributed by atoms with van der Waals surface area (Å²) in [5, 5.41) is -0.425. The number of nitrogen functional groups attached to an aromatic ring is 1. The predicted molar refractivity (Wildman–Crippen MR) is 50.2 cm³/mol. The molecule has 0 unspecified atom stereocenters. The van der Waals surface area contributed by atoms with Crippen LogP contribution in [0.25, 0.3) is 0 Å². The summed E-state index contributed by atoms with van der Waals surface area (Å²) in [6, 6.07) is 0. The van der Waals surface area contributed by atoms with Crippen molar-refractivity contribution in [3.05, 3.63) is 27.2 Å². The van der Waals surface area contributed by atoms with Crippen LogP contribution in [0, 0.1) is 11.6 Å². The maximum Gasteiger partial charge on any atom is 0.169 e. The molecule has 72 valence electrons. The summed E-state index contributed by atoms with van der Waals surface area (Å²) >= 11 is 11.1. The summed E-state index contributed by atoms with van der Waals surface area (Å²) in [6.07, 6.45) is 0.314. The van der Waals surface area contributed by atoms with Gasteiger partial charge in [-0.1, -0.05) is 30.1 Å². The van der Waals surface area contributed by atoms with E-state index in [1.165, 1.54) is 0 Å². The Labute approximate surface area is 84.4 Å². The lowest BCUT2D eigenvalue weighted by molar-refractivity contribution is 0.582. The van der Waals surface area contributed by atoms with Gasteiger partial charge in [-0.2, -0.15) is 0 Å². The fourth-order valence-corrected chi connectivity index (χ4v) is 1.53. The van der Waals surface area contributed by atoms with E-state index in [1.54, 1.807) is 6.92 Å². The summed E-state index contributed by atoms with van der Waals surface area (Å²) < 4.78 is 26.2. The Balaban J connectivity index is 3.56. The van der Waals surface area contributed by atoms with Crippen molar-refractivity contribution in [2.24, 2.45) is 0 Å². The molecule has 0 aliphatic carbocycles. The number of nitrogens with two attached hydrogens (primary N) is 1. The van der Waals surface area contributed by atoms with Gasteiger partial charge < -0.3 is 5.73 Å². The Morgan fingerprint density at radius 3 is 2.15 bits per heavy atom. The quantitative estimate of drug-likeness (QED) is 0.443. The zero-order chi connectivity index (χ0) is 10.2. The fraction of sp³-hybridized carbons (Fsp3) is 0.250. The SMILES string of the molecule is CCc1c(F)c(N)c(F)c(Cl)c1Cl. The van der Waals surface area contributed by atoms with Crippen molar-refractivity contribution in [2.75, 3.05) is 5.73 Å². The largest absolute Gasteiger partial charge is 0.394 e. The van der Waals surface area contributed by atoms with Crippen LogP contribution in [-0.2, 0) is 6.42 Å². The molecule has 0 aliphatic heterocycles. The average molecular weight is 226 g/mol. The van der Waals surface area contributed by atoms with Gasteiger partial charge >= 0.3 is 0 Å². The van der Waals surface area contributed by atoms with Crippen molar-refractivity contribution < 1.29 is 8.78 Å². The molecule has 0 saturated carbocycles. The van der Waals surface area contributed by atoms with Gasteiger partial charge in [0.1, 0.15) is 5.69 Å². The molecule has 1 rings (SSSR count). The van der Waals surface area contributed by atoms with Crippen LogP contribution in [0.2, 0.25) is 10.0 Å². The predicted octanol–water partition coefficient (Wildman–Crippen LogP) is 3.42. The van der Waals surface area contributed by atoms with E-state index in [9.17, 15) is 8.78 Å². The lowest BCUT2D eigenvalue weighted by atomic mass is 10.1. The van der Waals surface area contributed by atoms with E-state index in [4.69, 9.17) is 28.9 Å². The van der Waals surface area contributed by atoms with E-state index in [0.717, 1.165) is 0 Å². The minimum absolute atomic E-state index is 0.103. The Morgan fingerprint density at radius 2 is 1.69 bits per heavy atom. The first kappa shape index (κ1) is 10.5. The first-order valence-electron chi connectivity index (χ1n) is 3.61. The van der Waals surface area contributed by atoms with Crippen LogP contribution in [0.15, 0.2) is 0 Å². The third kappa shape index (κ3) is 1.58. The van der Waals surface area contributed by atoms with Gasteiger partial charge in [-0.15, -0.1) is 0 Å². The van der Waals surface area contributed by atoms with Crippen molar-refractivity contribution in [1.82, 2.24) is 0 Å². The molecular weight excluding hydrogens is 219 g/mol. The van der Waals surface area contributed by atoms with Crippen molar-refractivity contribution in [2.45, 2.75) is 13.3 Å². The molecule has 0 aliphatic rings. The summed E-state index contributed by atoms with van der Waals surface area (Å²) in [6.45, 7) is 1.68. The lowest BCUT2D eigenvalue weighted by Gasteiger charge is -2.08. The molecule has 0 bridgehead atoms. The maximum atomic E-state index is 13.2. The molecule has 0 saturated heterocycles. The molecule has 0 amide bonds. The van der Waals surface area contributed by atoms with Gasteiger partial charge in [0, 0.05) is 5.56 Å². The lowest BCUT2D eigenvalue weighted by Crippen LogP contribution is -2.02. The van der Waals surface area contributed by atoms with Crippen LogP contribution < -0.4 is 5.73 Å². The van der Waals surface area contributed by atoms with Gasteiger partial charge in [-0.05, 0) is 6.42 Å². The minimum Gasteiger partial charge on any atom is -0.394 e. The summed E-state index contributed by atoms with van der Waals surface area (Å²) in [7, 11) is 0. The number of rotatable bonds is 1. The zero-order valence-electron chi connectivity index (χ0n) is 6.80. The van der Waals surface area contributed by atoms with E-state index in [0.29, 0.717) is 6.42 Å². The zero-order valence-corrected chi connectivity index (χ0v) is 8.31. The third-order valence-corrected chi connectivity index (χ3v) is 2.61. The fourth-order valence-electron chi connectivity index (χ4n) is 1.01. The topological polar surface area (TPSA) is 26.0 Å². The van der Waals surface area contributed by atoms with Gasteiger partial charge in [0.05, 0.1) is 10.0 Å². The molecule has 0 heterocycles. The van der Waals surface area contributed by atoms with E-state index < -0.39 is 17.3 Å². The number of benzene rings is 1. The van der Waals surface area contributed by atoms with Crippen LogP contribution in [0.1, 0.15) is 12.5 Å². The van der Waals surface area contributed by atoms with E-state index in [2.05, 4.69) is 0 Å². The van der Waals surface area contributed by atoms with Crippen LogP contribution >= 0.6 is 23.2 Å². The normalized spacial score (nSPS) is 10.5. The second-order valence-corrected chi connectivity index (χ2v) is 3.26. The van der Waals surface area contributed by atoms with Crippen molar-refractivity contribution in [3.63, 3.8) is 0 Å². The molecule has 0 radical (unpaired) electrons. The Kier molecular flexibility index (Phi) is 2.98. The van der Waals surface area contributed by atoms with Gasteiger partial charge in [0.25, 0.3) is 0 Å². The Bertz CT molecular complexity index is 323. The first-order valence-corrected chi connectivity index (χ1v) is 4.36. The van der Waals surface area contributed by atoms with Crippen LogP contribution in [0.3, 0.4) is 0 Å². The number of anilines is 1. The van der Waals surface area contributed by atoms with Crippen molar-refractivity contribution in [1.29, 1.82) is 0 Å². The second kappa shape index (κ2) is 3.68. The maximum absolute atomic E-state index is 13.2. The third-order valence-electron chi connectivity index (χ3n) is 1.74. The first-order chi connectivity index (χ1) is 6.00. The molecule has 0 aromatic heterocycles. The van der Waals surface area contributed by atoms with Crippen LogP contribution in [-0.4, -0.2) is 0 Å². The smallest absolute Gasteiger partial charge is 0.169 e. The molecule has 1 aromatic rings. The highest BCUT2D eigenvalue weighted by Crippen LogP contribution is 2.35. The highest BCUT2D eigenvalue weighted by molar-refractivity contribution is 6.42. The molecule has 13 heavy (non-hydrogen) atoms. The summed E-state index contributed by atoms with van der Waals surface area (Å²) in [5.41, 5.74) is 4.70. The monoisotopic (exact) mass is 225 g/mol.